The molecule has 4 nitrogen and oxygen atoms in total. The van der Waals surface area contributed by atoms with Crippen LogP contribution in [0.15, 0.2) is 51.7 Å². The van der Waals surface area contributed by atoms with Crippen molar-refractivity contribution in [2.24, 2.45) is 0 Å². The third kappa shape index (κ3) is 3.91. The molecule has 30 heavy (non-hydrogen) atoms. The summed E-state index contributed by atoms with van der Waals surface area (Å²) in [6.07, 6.45) is 2.31. The minimum atomic E-state index is -0.422. The van der Waals surface area contributed by atoms with Crippen molar-refractivity contribution in [2.75, 3.05) is 0 Å². The number of ether oxygens (including phenoxy) is 1. The van der Waals surface area contributed by atoms with Gasteiger partial charge in [0.15, 0.2) is 5.43 Å². The van der Waals surface area contributed by atoms with Crippen LogP contribution in [-0.4, -0.2) is 12.1 Å². The van der Waals surface area contributed by atoms with Crippen LogP contribution < -0.4 is 5.43 Å². The summed E-state index contributed by atoms with van der Waals surface area (Å²) < 4.78 is 11.6. The van der Waals surface area contributed by atoms with Gasteiger partial charge in [-0.25, -0.2) is 4.79 Å². The van der Waals surface area contributed by atoms with Crippen molar-refractivity contribution in [1.82, 2.24) is 0 Å². The number of aryl methyl sites for hydroxylation is 1. The first-order chi connectivity index (χ1) is 14.4. The van der Waals surface area contributed by atoms with E-state index in [1.54, 1.807) is 32.0 Å². The monoisotopic (exact) mass is 404 g/mol. The van der Waals surface area contributed by atoms with E-state index < -0.39 is 5.97 Å². The Balaban J connectivity index is 1.74. The van der Waals surface area contributed by atoms with E-state index in [1.165, 1.54) is 11.1 Å². The van der Waals surface area contributed by atoms with Gasteiger partial charge in [-0.1, -0.05) is 43.2 Å². The average molecular weight is 405 g/mol. The van der Waals surface area contributed by atoms with Crippen LogP contribution in [0.1, 0.15) is 78.3 Å². The van der Waals surface area contributed by atoms with Crippen molar-refractivity contribution in [1.29, 1.82) is 0 Å². The van der Waals surface area contributed by atoms with Gasteiger partial charge in [-0.15, -0.1) is 0 Å². The molecule has 1 fully saturated rings. The fourth-order valence-corrected chi connectivity index (χ4v) is 4.11. The molecule has 0 saturated heterocycles. The van der Waals surface area contributed by atoms with Gasteiger partial charge in [0.25, 0.3) is 0 Å². The summed E-state index contributed by atoms with van der Waals surface area (Å²) in [6.45, 7) is 7.76. The second-order valence-corrected chi connectivity index (χ2v) is 8.55. The quantitative estimate of drug-likeness (QED) is 0.481. The Morgan fingerprint density at radius 2 is 1.87 bits per heavy atom. The molecule has 2 atom stereocenters. The van der Waals surface area contributed by atoms with Crippen molar-refractivity contribution < 1.29 is 13.9 Å². The molecule has 2 unspecified atom stereocenters. The maximum atomic E-state index is 13.3. The number of benzene rings is 2. The van der Waals surface area contributed by atoms with Crippen molar-refractivity contribution >= 4 is 16.9 Å². The zero-order chi connectivity index (χ0) is 21.4. The molecule has 156 valence electrons. The van der Waals surface area contributed by atoms with Gasteiger partial charge >= 0.3 is 5.97 Å². The van der Waals surface area contributed by atoms with Gasteiger partial charge < -0.3 is 9.15 Å². The van der Waals surface area contributed by atoms with Crippen molar-refractivity contribution in [3.63, 3.8) is 0 Å². The highest BCUT2D eigenvalue weighted by atomic mass is 16.5. The number of carbonyl (C=O) groups excluding carboxylic acids is 1. The fraction of sp³-hybridized carbons (Fsp3) is 0.385. The molecule has 1 heterocycles. The standard InChI is InChI=1S/C26H28O4/c1-5-6-19-24(27)22-13-18(26(28)29-15(2)3)11-12-23(22)30-25(19)21-14-20(21)17-9-7-16(4)8-10-17/h7-13,15,20-21H,5-6,14H2,1-4H3. The first-order valence-electron chi connectivity index (χ1n) is 10.8. The number of fused-ring (bicyclic) bond motifs is 1. The summed E-state index contributed by atoms with van der Waals surface area (Å²) in [5.41, 5.74) is 4.17. The lowest BCUT2D eigenvalue weighted by Crippen LogP contribution is -2.15. The number of hydrogen-bond donors (Lipinski definition) is 0. The Bertz CT molecular complexity index is 1140. The highest BCUT2D eigenvalue weighted by molar-refractivity contribution is 5.94. The lowest BCUT2D eigenvalue weighted by Gasteiger charge is -2.11. The third-order valence-corrected chi connectivity index (χ3v) is 5.73. The van der Waals surface area contributed by atoms with Crippen LogP contribution in [0.2, 0.25) is 0 Å². The second-order valence-electron chi connectivity index (χ2n) is 8.55. The first kappa shape index (κ1) is 20.4. The summed E-state index contributed by atoms with van der Waals surface area (Å²) in [4.78, 5) is 25.6. The molecule has 0 radical (unpaired) electrons. The Morgan fingerprint density at radius 3 is 2.53 bits per heavy atom. The number of esters is 1. The van der Waals surface area contributed by atoms with Gasteiger partial charge in [0, 0.05) is 11.5 Å². The van der Waals surface area contributed by atoms with Crippen LogP contribution in [-0.2, 0) is 11.2 Å². The molecule has 1 saturated carbocycles. The predicted molar refractivity (Wildman–Crippen MR) is 118 cm³/mol. The Morgan fingerprint density at radius 1 is 1.13 bits per heavy atom. The van der Waals surface area contributed by atoms with Crippen LogP contribution in [0, 0.1) is 6.92 Å². The van der Waals surface area contributed by atoms with Gasteiger partial charge in [0.1, 0.15) is 11.3 Å². The summed E-state index contributed by atoms with van der Waals surface area (Å²) in [5, 5.41) is 0.452. The molecule has 0 bridgehead atoms. The molecule has 1 aromatic heterocycles. The van der Waals surface area contributed by atoms with E-state index in [-0.39, 0.29) is 17.5 Å². The molecule has 0 spiro atoms. The predicted octanol–water partition coefficient (Wildman–Crippen LogP) is 5.89. The van der Waals surface area contributed by atoms with E-state index in [9.17, 15) is 9.59 Å². The number of hydrogen-bond acceptors (Lipinski definition) is 4. The Hall–Kier alpha value is -2.88. The molecular formula is C26H28O4. The minimum Gasteiger partial charge on any atom is -0.460 e. The highest BCUT2D eigenvalue weighted by Crippen LogP contribution is 2.55. The zero-order valence-corrected chi connectivity index (χ0v) is 18.0. The van der Waals surface area contributed by atoms with E-state index in [0.717, 1.165) is 24.2 Å². The average Bonchev–Trinajstić information content (AvgIpc) is 3.50. The normalized spacial score (nSPS) is 18.0. The van der Waals surface area contributed by atoms with E-state index >= 15 is 0 Å². The Labute approximate surface area is 176 Å². The van der Waals surface area contributed by atoms with Crippen LogP contribution in [0.25, 0.3) is 11.0 Å². The van der Waals surface area contributed by atoms with Crippen LogP contribution in [0.5, 0.6) is 0 Å². The fourth-order valence-electron chi connectivity index (χ4n) is 4.11. The van der Waals surface area contributed by atoms with Gasteiger partial charge in [0.05, 0.1) is 17.1 Å². The van der Waals surface area contributed by atoms with Crippen LogP contribution in [0.4, 0.5) is 0 Å². The molecule has 1 aliphatic carbocycles. The van der Waals surface area contributed by atoms with Gasteiger partial charge in [-0.2, -0.15) is 0 Å². The van der Waals surface area contributed by atoms with Gasteiger partial charge in [-0.05, 0) is 63.3 Å². The Kier molecular flexibility index (Phi) is 5.50. The second kappa shape index (κ2) is 8.10. The van der Waals surface area contributed by atoms with E-state index in [0.29, 0.717) is 28.9 Å². The SMILES string of the molecule is CCCc1c(C2CC2c2ccc(C)cc2)oc2ccc(C(=O)OC(C)C)cc2c1=O. The molecule has 3 aromatic rings. The maximum absolute atomic E-state index is 13.3. The zero-order valence-electron chi connectivity index (χ0n) is 18.0. The first-order valence-corrected chi connectivity index (χ1v) is 10.8. The van der Waals surface area contributed by atoms with Crippen LogP contribution >= 0.6 is 0 Å². The van der Waals surface area contributed by atoms with E-state index in [4.69, 9.17) is 9.15 Å². The topological polar surface area (TPSA) is 56.5 Å². The van der Waals surface area contributed by atoms with E-state index in [2.05, 4.69) is 38.1 Å². The lowest BCUT2D eigenvalue weighted by atomic mass is 10.00. The summed E-state index contributed by atoms with van der Waals surface area (Å²) >= 11 is 0. The van der Waals surface area contributed by atoms with Crippen molar-refractivity contribution in [3.8, 4) is 0 Å². The van der Waals surface area contributed by atoms with Crippen molar-refractivity contribution in [3.05, 3.63) is 80.7 Å². The van der Waals surface area contributed by atoms with E-state index in [1.807, 2.05) is 0 Å². The molecular weight excluding hydrogens is 376 g/mol. The lowest BCUT2D eigenvalue weighted by molar-refractivity contribution is 0.0378. The molecule has 4 rings (SSSR count). The molecule has 0 aliphatic heterocycles. The third-order valence-electron chi connectivity index (χ3n) is 5.73. The minimum absolute atomic E-state index is 0.0261. The van der Waals surface area contributed by atoms with Gasteiger partial charge in [-0.3, -0.25) is 4.79 Å². The van der Waals surface area contributed by atoms with Gasteiger partial charge in [0.2, 0.25) is 0 Å². The van der Waals surface area contributed by atoms with Crippen molar-refractivity contribution in [2.45, 2.75) is 64.9 Å². The highest BCUT2D eigenvalue weighted by Gasteiger charge is 2.43. The largest absolute Gasteiger partial charge is 0.460 e. The summed E-state index contributed by atoms with van der Waals surface area (Å²) in [6, 6.07) is 13.6. The molecule has 0 amide bonds. The number of carbonyl (C=O) groups is 1. The maximum Gasteiger partial charge on any atom is 0.338 e. The molecule has 0 N–H and O–H groups in total. The summed E-state index contributed by atoms with van der Waals surface area (Å²) in [7, 11) is 0. The summed E-state index contributed by atoms with van der Waals surface area (Å²) in [5.74, 6) is 1.02. The molecule has 2 aromatic carbocycles. The van der Waals surface area contributed by atoms with Crippen LogP contribution in [0.3, 0.4) is 0 Å². The molecule has 1 aliphatic rings. The smallest absolute Gasteiger partial charge is 0.338 e. The molecule has 4 heteroatoms. The number of rotatable bonds is 6.